The van der Waals surface area contributed by atoms with Crippen LogP contribution in [0, 0.1) is 5.82 Å². The van der Waals surface area contributed by atoms with Gasteiger partial charge in [-0.05, 0) is 74.1 Å². The van der Waals surface area contributed by atoms with Gasteiger partial charge >= 0.3 is 11.9 Å². The van der Waals surface area contributed by atoms with E-state index in [2.05, 4.69) is 5.32 Å². The molecule has 0 spiro atoms. The van der Waals surface area contributed by atoms with Gasteiger partial charge in [0.2, 0.25) is 0 Å². The molecule has 2 atom stereocenters. The maximum absolute atomic E-state index is 14.1. The minimum atomic E-state index is -1.22. The van der Waals surface area contributed by atoms with Crippen molar-refractivity contribution in [1.82, 2.24) is 9.88 Å². The van der Waals surface area contributed by atoms with Gasteiger partial charge in [-0.3, -0.25) is 9.59 Å². The van der Waals surface area contributed by atoms with Crippen molar-refractivity contribution in [3.8, 4) is 22.3 Å². The highest BCUT2D eigenvalue weighted by Gasteiger charge is 2.30. The molecule has 0 aliphatic rings. The molecular formula is C35H37FN2O7. The number of carbonyl (C=O) groups excluding carboxylic acids is 1. The summed E-state index contributed by atoms with van der Waals surface area (Å²) in [6, 6.07) is 21.3. The molecule has 1 aromatic heterocycles. The molecule has 0 fully saturated rings. The molecule has 0 saturated carbocycles. The highest BCUT2D eigenvalue weighted by atomic mass is 19.1. The lowest BCUT2D eigenvalue weighted by Gasteiger charge is -2.20. The van der Waals surface area contributed by atoms with Gasteiger partial charge in [0.1, 0.15) is 11.5 Å². The number of aliphatic hydroxyl groups excluding tert-OH is 2. The Morgan fingerprint density at radius 3 is 2.13 bits per heavy atom. The predicted octanol–water partition coefficient (Wildman–Crippen LogP) is 5.69. The number of hydrogen-bond donors (Lipinski definition) is 5. The van der Waals surface area contributed by atoms with E-state index >= 15 is 0 Å². The number of aliphatic carboxylic acids is 1. The molecule has 236 valence electrons. The molecule has 45 heavy (non-hydrogen) atoms. The molecular weight excluding hydrogens is 579 g/mol. The van der Waals surface area contributed by atoms with Crippen LogP contribution >= 0.6 is 0 Å². The zero-order valence-electron chi connectivity index (χ0n) is 25.1. The van der Waals surface area contributed by atoms with Crippen molar-refractivity contribution in [1.29, 1.82) is 0 Å². The first-order chi connectivity index (χ1) is 21.5. The average Bonchev–Trinajstić information content (AvgIpc) is 3.35. The van der Waals surface area contributed by atoms with Gasteiger partial charge in [0, 0.05) is 29.4 Å². The van der Waals surface area contributed by atoms with E-state index in [4.69, 9.17) is 5.11 Å². The number of carboxylic acids is 2. The molecule has 0 bridgehead atoms. The summed E-state index contributed by atoms with van der Waals surface area (Å²) >= 11 is 0. The second-order valence-corrected chi connectivity index (χ2v) is 11.3. The average molecular weight is 617 g/mol. The Balaban J connectivity index is 1.84. The highest BCUT2D eigenvalue weighted by Crippen LogP contribution is 2.42. The number of carboxylic acid groups (broad SMARTS) is 2. The number of halogens is 1. The first-order valence-electron chi connectivity index (χ1n) is 14.7. The third kappa shape index (κ3) is 8.23. The van der Waals surface area contributed by atoms with Gasteiger partial charge in [0.15, 0.2) is 0 Å². The molecule has 9 nitrogen and oxygen atoms in total. The summed E-state index contributed by atoms with van der Waals surface area (Å²) in [7, 11) is 0. The van der Waals surface area contributed by atoms with E-state index in [0.29, 0.717) is 33.6 Å². The van der Waals surface area contributed by atoms with Crippen LogP contribution in [0.2, 0.25) is 0 Å². The topological polar surface area (TPSA) is 149 Å². The zero-order chi connectivity index (χ0) is 32.7. The van der Waals surface area contributed by atoms with Crippen LogP contribution < -0.4 is 5.32 Å². The van der Waals surface area contributed by atoms with E-state index in [1.165, 1.54) is 24.3 Å². The van der Waals surface area contributed by atoms with Crippen LogP contribution in [0.4, 0.5) is 4.39 Å². The highest BCUT2D eigenvalue weighted by molar-refractivity contribution is 6.05. The fourth-order valence-electron chi connectivity index (χ4n) is 5.59. The number of aromatic nitrogens is 1. The zero-order valence-corrected chi connectivity index (χ0v) is 25.1. The lowest BCUT2D eigenvalue weighted by molar-refractivity contribution is -0.139. The molecule has 4 rings (SSSR count). The number of hydrogen-bond acceptors (Lipinski definition) is 5. The van der Waals surface area contributed by atoms with Crippen LogP contribution in [0.3, 0.4) is 0 Å². The van der Waals surface area contributed by atoms with Crippen LogP contribution in [0.15, 0.2) is 78.9 Å². The number of carbonyl (C=O) groups is 3. The van der Waals surface area contributed by atoms with Gasteiger partial charge in [-0.2, -0.15) is 0 Å². The van der Waals surface area contributed by atoms with E-state index in [0.717, 1.165) is 5.56 Å². The molecule has 3 aromatic carbocycles. The minimum Gasteiger partial charge on any atom is -0.481 e. The van der Waals surface area contributed by atoms with E-state index in [-0.39, 0.29) is 37.4 Å². The van der Waals surface area contributed by atoms with E-state index in [1.54, 1.807) is 24.3 Å². The lowest BCUT2D eigenvalue weighted by Crippen LogP contribution is -2.27. The van der Waals surface area contributed by atoms with Crippen LogP contribution in [0.5, 0.6) is 0 Å². The Bertz CT molecular complexity index is 1650. The standard InChI is InChI=1S/C35H37FN2O7/c1-21(2)38-29(16-15-27(39)18-28(40)19-30(41)42)31(24-11-13-26(36)14-12-24)32(23-8-4-3-5-9-23)33(38)34(43)37-20-22-7-6-10-25(17-22)35(44)45/h3-14,17,21,27-28,39-40H,15-16,18-20H2,1-2H3,(H,37,43)(H,41,42)(H,44,45)/t27-,28-/m1/s1. The largest absolute Gasteiger partial charge is 0.481 e. The van der Waals surface area contributed by atoms with Crippen molar-refractivity contribution in [2.75, 3.05) is 0 Å². The fraction of sp³-hybridized carbons (Fsp3) is 0.286. The summed E-state index contributed by atoms with van der Waals surface area (Å²) in [6.45, 7) is 3.92. The number of aliphatic hydroxyl groups is 2. The Labute approximate surface area is 260 Å². The Morgan fingerprint density at radius 1 is 0.844 bits per heavy atom. The predicted molar refractivity (Wildman–Crippen MR) is 167 cm³/mol. The van der Waals surface area contributed by atoms with E-state index < -0.39 is 42.3 Å². The third-order valence-electron chi connectivity index (χ3n) is 7.53. The summed E-state index contributed by atoms with van der Waals surface area (Å²) in [5, 5.41) is 42.2. The first-order valence-corrected chi connectivity index (χ1v) is 14.7. The molecule has 10 heteroatoms. The quantitative estimate of drug-likeness (QED) is 0.122. The Hall–Kier alpha value is -4.80. The van der Waals surface area contributed by atoms with Gasteiger partial charge in [-0.15, -0.1) is 0 Å². The number of nitrogens with one attached hydrogen (secondary N) is 1. The van der Waals surface area contributed by atoms with Crippen LogP contribution in [0.1, 0.15) is 71.3 Å². The number of amides is 1. The Kier molecular flexibility index (Phi) is 10.9. The molecule has 0 unspecified atom stereocenters. The molecule has 4 aromatic rings. The normalized spacial score (nSPS) is 12.6. The maximum Gasteiger partial charge on any atom is 0.335 e. The summed E-state index contributed by atoms with van der Waals surface area (Å²) < 4.78 is 16.0. The van der Waals surface area contributed by atoms with Gasteiger partial charge in [-0.25, -0.2) is 9.18 Å². The number of nitrogens with zero attached hydrogens (tertiary/aromatic N) is 1. The van der Waals surface area contributed by atoms with Crippen molar-refractivity contribution in [2.24, 2.45) is 0 Å². The van der Waals surface area contributed by atoms with Crippen LogP contribution in [-0.4, -0.2) is 55.0 Å². The van der Waals surface area contributed by atoms with Gasteiger partial charge < -0.3 is 30.3 Å². The number of rotatable bonds is 14. The molecule has 1 heterocycles. The third-order valence-corrected chi connectivity index (χ3v) is 7.53. The minimum absolute atomic E-state index is 0.0683. The summed E-state index contributed by atoms with van der Waals surface area (Å²) in [5.74, 6) is -3.07. The Morgan fingerprint density at radius 2 is 1.51 bits per heavy atom. The second kappa shape index (κ2) is 14.8. The maximum atomic E-state index is 14.1. The SMILES string of the molecule is CC(C)n1c(CC[C@@H](O)C[C@@H](O)CC(=O)O)c(-c2ccc(F)cc2)c(-c2ccccc2)c1C(=O)NCc1cccc(C(=O)O)c1. The lowest BCUT2D eigenvalue weighted by atomic mass is 9.92. The number of aromatic carboxylic acids is 1. The summed E-state index contributed by atoms with van der Waals surface area (Å²) in [4.78, 5) is 36.6. The molecule has 0 aliphatic carbocycles. The van der Waals surface area contributed by atoms with Crippen molar-refractivity contribution in [3.05, 3.63) is 107 Å². The van der Waals surface area contributed by atoms with E-state index in [1.807, 2.05) is 48.7 Å². The summed E-state index contributed by atoms with van der Waals surface area (Å²) in [5.41, 5.74) is 4.47. The molecule has 5 N–H and O–H groups in total. The fourth-order valence-corrected chi connectivity index (χ4v) is 5.59. The van der Waals surface area contributed by atoms with E-state index in [9.17, 15) is 34.1 Å². The molecule has 0 saturated heterocycles. The molecule has 0 aliphatic heterocycles. The van der Waals surface area contributed by atoms with Gasteiger partial charge in [0.25, 0.3) is 5.91 Å². The van der Waals surface area contributed by atoms with Gasteiger partial charge in [0.05, 0.1) is 24.2 Å². The van der Waals surface area contributed by atoms with Crippen LogP contribution in [0.25, 0.3) is 22.3 Å². The van der Waals surface area contributed by atoms with Crippen molar-refractivity contribution in [2.45, 2.75) is 64.3 Å². The summed E-state index contributed by atoms with van der Waals surface area (Å²) in [6.07, 6.45) is -2.42. The number of benzene rings is 3. The molecule has 0 radical (unpaired) electrons. The monoisotopic (exact) mass is 616 g/mol. The van der Waals surface area contributed by atoms with Gasteiger partial charge in [-0.1, -0.05) is 54.6 Å². The van der Waals surface area contributed by atoms with Crippen molar-refractivity contribution < 1.29 is 39.2 Å². The second-order valence-electron chi connectivity index (χ2n) is 11.3. The molecule has 1 amide bonds. The van der Waals surface area contributed by atoms with Crippen molar-refractivity contribution in [3.63, 3.8) is 0 Å². The first kappa shape index (κ1) is 33.1. The smallest absolute Gasteiger partial charge is 0.335 e. The van der Waals surface area contributed by atoms with Crippen molar-refractivity contribution >= 4 is 17.8 Å². The van der Waals surface area contributed by atoms with Crippen LogP contribution in [-0.2, 0) is 17.8 Å².